The summed E-state index contributed by atoms with van der Waals surface area (Å²) in [5.41, 5.74) is 0.942. The Kier molecular flexibility index (Phi) is 5.08. The van der Waals surface area contributed by atoms with Gasteiger partial charge >= 0.3 is 0 Å². The quantitative estimate of drug-likeness (QED) is 0.929. The zero-order valence-electron chi connectivity index (χ0n) is 10.6. The summed E-state index contributed by atoms with van der Waals surface area (Å²) in [6.45, 7) is 1.58. The zero-order chi connectivity index (χ0) is 13.8. The Hall–Kier alpha value is -0.770. The van der Waals surface area contributed by atoms with Crippen LogP contribution in [0.1, 0.15) is 18.4 Å². The molecule has 104 valence electrons. The zero-order valence-corrected chi connectivity index (χ0v) is 12.1. The molecule has 1 aromatic rings. The number of halogens is 2. The van der Waals surface area contributed by atoms with Crippen molar-refractivity contribution in [2.24, 2.45) is 5.92 Å². The third-order valence-corrected chi connectivity index (χ3v) is 4.11. The molecule has 0 saturated carbocycles. The first-order valence-corrected chi connectivity index (χ1v) is 7.18. The minimum Gasteiger partial charge on any atom is -0.396 e. The van der Waals surface area contributed by atoms with Gasteiger partial charge in [-0.3, -0.25) is 4.79 Å². The highest BCUT2D eigenvalue weighted by Gasteiger charge is 2.25. The van der Waals surface area contributed by atoms with Gasteiger partial charge in [0.15, 0.2) is 0 Å². The number of rotatable bonds is 4. The SMILES string of the molecule is O=C(CCc1ccc(Cl)cc1Cl)N1CCC(CO)C1. The van der Waals surface area contributed by atoms with E-state index in [1.165, 1.54) is 0 Å². The van der Waals surface area contributed by atoms with Crippen molar-refractivity contribution < 1.29 is 9.90 Å². The fourth-order valence-electron chi connectivity index (χ4n) is 2.33. The van der Waals surface area contributed by atoms with Gasteiger partial charge in [0.2, 0.25) is 5.91 Å². The van der Waals surface area contributed by atoms with Crippen LogP contribution in [0.25, 0.3) is 0 Å². The van der Waals surface area contributed by atoms with Gasteiger partial charge in [0, 0.05) is 42.1 Å². The van der Waals surface area contributed by atoms with Crippen molar-refractivity contribution in [2.45, 2.75) is 19.3 Å². The van der Waals surface area contributed by atoms with E-state index in [0.717, 1.165) is 18.5 Å². The summed E-state index contributed by atoms with van der Waals surface area (Å²) in [7, 11) is 0. The van der Waals surface area contributed by atoms with Crippen LogP contribution in [0.15, 0.2) is 18.2 Å². The largest absolute Gasteiger partial charge is 0.396 e. The van der Waals surface area contributed by atoms with Gasteiger partial charge in [-0.2, -0.15) is 0 Å². The first-order chi connectivity index (χ1) is 9.10. The number of hydrogen-bond donors (Lipinski definition) is 1. The lowest BCUT2D eigenvalue weighted by Crippen LogP contribution is -2.29. The maximum Gasteiger partial charge on any atom is 0.222 e. The van der Waals surface area contributed by atoms with E-state index in [0.29, 0.717) is 29.4 Å². The molecule has 1 saturated heterocycles. The highest BCUT2D eigenvalue weighted by molar-refractivity contribution is 6.35. The standard InChI is InChI=1S/C14H17Cl2NO2/c15-12-3-1-11(13(16)7-12)2-4-14(19)17-6-5-10(8-17)9-18/h1,3,7,10,18H,2,4-6,8-9H2. The van der Waals surface area contributed by atoms with E-state index in [4.69, 9.17) is 28.3 Å². The van der Waals surface area contributed by atoms with Gasteiger partial charge in [-0.05, 0) is 30.5 Å². The lowest BCUT2D eigenvalue weighted by atomic mass is 10.1. The molecule has 2 rings (SSSR count). The van der Waals surface area contributed by atoms with Crippen LogP contribution in [0, 0.1) is 5.92 Å². The minimum atomic E-state index is 0.127. The van der Waals surface area contributed by atoms with E-state index in [1.807, 2.05) is 11.0 Å². The van der Waals surface area contributed by atoms with Crippen LogP contribution in [-0.4, -0.2) is 35.6 Å². The summed E-state index contributed by atoms with van der Waals surface area (Å²) in [5.74, 6) is 0.366. The molecule has 0 spiro atoms. The summed E-state index contributed by atoms with van der Waals surface area (Å²) in [5, 5.41) is 10.3. The van der Waals surface area contributed by atoms with Crippen LogP contribution in [-0.2, 0) is 11.2 Å². The number of carbonyl (C=O) groups excluding carboxylic acids is 1. The van der Waals surface area contributed by atoms with Crippen LogP contribution < -0.4 is 0 Å². The molecular formula is C14H17Cl2NO2. The molecule has 0 radical (unpaired) electrons. The maximum absolute atomic E-state index is 12.0. The van der Waals surface area contributed by atoms with Crippen molar-refractivity contribution in [3.8, 4) is 0 Å². The predicted molar refractivity (Wildman–Crippen MR) is 76.6 cm³/mol. The van der Waals surface area contributed by atoms with Crippen LogP contribution in [0.4, 0.5) is 0 Å². The monoisotopic (exact) mass is 301 g/mol. The lowest BCUT2D eigenvalue weighted by Gasteiger charge is -2.16. The van der Waals surface area contributed by atoms with Crippen molar-refractivity contribution in [2.75, 3.05) is 19.7 Å². The van der Waals surface area contributed by atoms with E-state index in [-0.39, 0.29) is 18.4 Å². The highest BCUT2D eigenvalue weighted by atomic mass is 35.5. The molecule has 0 bridgehead atoms. The molecule has 1 aliphatic heterocycles. The second kappa shape index (κ2) is 6.60. The number of aryl methyl sites for hydroxylation is 1. The Morgan fingerprint density at radius 3 is 2.84 bits per heavy atom. The smallest absolute Gasteiger partial charge is 0.222 e. The Morgan fingerprint density at radius 1 is 1.42 bits per heavy atom. The fraction of sp³-hybridized carbons (Fsp3) is 0.500. The van der Waals surface area contributed by atoms with Crippen molar-refractivity contribution in [1.82, 2.24) is 4.90 Å². The number of carbonyl (C=O) groups is 1. The number of likely N-dealkylation sites (tertiary alicyclic amines) is 1. The maximum atomic E-state index is 12.0. The third-order valence-electron chi connectivity index (χ3n) is 3.52. The molecule has 1 fully saturated rings. The Bertz CT molecular complexity index is 465. The predicted octanol–water partition coefficient (Wildman–Crippen LogP) is 2.77. The molecular weight excluding hydrogens is 285 g/mol. The highest BCUT2D eigenvalue weighted by Crippen LogP contribution is 2.23. The average molecular weight is 302 g/mol. The molecule has 1 unspecified atom stereocenters. The van der Waals surface area contributed by atoms with Crippen molar-refractivity contribution in [3.05, 3.63) is 33.8 Å². The van der Waals surface area contributed by atoms with E-state index < -0.39 is 0 Å². The molecule has 1 amide bonds. The Balaban J connectivity index is 1.87. The van der Waals surface area contributed by atoms with Gasteiger partial charge in [0.1, 0.15) is 0 Å². The second-order valence-corrected chi connectivity index (χ2v) is 5.76. The van der Waals surface area contributed by atoms with Gasteiger partial charge in [-0.15, -0.1) is 0 Å². The van der Waals surface area contributed by atoms with Crippen LogP contribution in [0.5, 0.6) is 0 Å². The molecule has 0 aliphatic carbocycles. The number of aliphatic hydroxyl groups is 1. The molecule has 0 aromatic heterocycles. The summed E-state index contributed by atoms with van der Waals surface area (Å²) in [6, 6.07) is 5.34. The normalized spacial score (nSPS) is 18.9. The molecule has 3 nitrogen and oxygen atoms in total. The van der Waals surface area contributed by atoms with Gasteiger partial charge < -0.3 is 10.0 Å². The summed E-state index contributed by atoms with van der Waals surface area (Å²) >= 11 is 11.9. The van der Waals surface area contributed by atoms with Crippen molar-refractivity contribution in [3.63, 3.8) is 0 Å². The lowest BCUT2D eigenvalue weighted by molar-refractivity contribution is -0.130. The molecule has 1 atom stereocenters. The summed E-state index contributed by atoms with van der Waals surface area (Å²) in [6.07, 6.45) is 1.96. The van der Waals surface area contributed by atoms with Crippen LogP contribution >= 0.6 is 23.2 Å². The number of amides is 1. The van der Waals surface area contributed by atoms with Gasteiger partial charge in [-0.25, -0.2) is 0 Å². The number of benzene rings is 1. The third kappa shape index (κ3) is 3.85. The molecule has 1 aliphatic rings. The second-order valence-electron chi connectivity index (χ2n) is 4.91. The first kappa shape index (κ1) is 14.6. The number of aliphatic hydroxyl groups excluding tert-OH is 1. The summed E-state index contributed by atoms with van der Waals surface area (Å²) < 4.78 is 0. The van der Waals surface area contributed by atoms with Gasteiger partial charge in [0.25, 0.3) is 0 Å². The molecule has 1 heterocycles. The van der Waals surface area contributed by atoms with Crippen molar-refractivity contribution in [1.29, 1.82) is 0 Å². The molecule has 1 aromatic carbocycles. The van der Waals surface area contributed by atoms with Crippen molar-refractivity contribution >= 4 is 29.1 Å². The number of hydrogen-bond acceptors (Lipinski definition) is 2. The van der Waals surface area contributed by atoms with Crippen LogP contribution in [0.3, 0.4) is 0 Å². The molecule has 5 heteroatoms. The van der Waals surface area contributed by atoms with E-state index in [9.17, 15) is 4.79 Å². The Labute approximate surface area is 123 Å². The average Bonchev–Trinajstić information content (AvgIpc) is 2.86. The van der Waals surface area contributed by atoms with E-state index in [2.05, 4.69) is 0 Å². The number of nitrogens with zero attached hydrogens (tertiary/aromatic N) is 1. The first-order valence-electron chi connectivity index (χ1n) is 6.42. The molecule has 1 N–H and O–H groups in total. The van der Waals surface area contributed by atoms with E-state index >= 15 is 0 Å². The minimum absolute atomic E-state index is 0.127. The van der Waals surface area contributed by atoms with Gasteiger partial charge in [-0.1, -0.05) is 29.3 Å². The molecule has 19 heavy (non-hydrogen) atoms. The Morgan fingerprint density at radius 2 is 2.21 bits per heavy atom. The van der Waals surface area contributed by atoms with E-state index in [1.54, 1.807) is 12.1 Å². The van der Waals surface area contributed by atoms with Crippen LogP contribution in [0.2, 0.25) is 10.0 Å². The van der Waals surface area contributed by atoms with Gasteiger partial charge in [0.05, 0.1) is 0 Å². The fourth-order valence-corrected chi connectivity index (χ4v) is 2.84. The summed E-state index contributed by atoms with van der Waals surface area (Å²) in [4.78, 5) is 13.9. The topological polar surface area (TPSA) is 40.5 Å².